The number of rotatable bonds is 8. The van der Waals surface area contributed by atoms with E-state index < -0.39 is 0 Å². The zero-order valence-electron chi connectivity index (χ0n) is 10.4. The molecule has 4 heteroatoms. The van der Waals surface area contributed by atoms with Crippen LogP contribution in [0.2, 0.25) is 0 Å². The topological polar surface area (TPSA) is 64.4 Å². The zero-order chi connectivity index (χ0) is 12.0. The van der Waals surface area contributed by atoms with Crippen LogP contribution in [0.3, 0.4) is 0 Å². The van der Waals surface area contributed by atoms with Gasteiger partial charge in [0.05, 0.1) is 6.61 Å². The third-order valence-electron chi connectivity index (χ3n) is 2.62. The molecule has 4 nitrogen and oxygen atoms in total. The Balaban J connectivity index is 1.89. The standard InChI is InChI=1S/C12H24N2O2/c1-12(2,13)6-5-11(15)14-7-8-16-9-10-3-4-10/h10H,3-9,13H2,1-2H3,(H,14,15). The lowest BCUT2D eigenvalue weighted by atomic mass is 10.00. The lowest BCUT2D eigenvalue weighted by Gasteiger charge is -2.17. The van der Waals surface area contributed by atoms with Crippen molar-refractivity contribution in [2.24, 2.45) is 11.7 Å². The number of carbonyl (C=O) groups is 1. The number of ether oxygens (including phenoxy) is 1. The summed E-state index contributed by atoms with van der Waals surface area (Å²) in [6.07, 6.45) is 3.81. The van der Waals surface area contributed by atoms with Crippen LogP contribution in [0.25, 0.3) is 0 Å². The molecule has 94 valence electrons. The van der Waals surface area contributed by atoms with Crippen molar-refractivity contribution >= 4 is 5.91 Å². The molecule has 0 aliphatic heterocycles. The third kappa shape index (κ3) is 7.65. The first-order valence-electron chi connectivity index (χ1n) is 6.11. The average Bonchev–Trinajstić information content (AvgIpc) is 2.97. The molecule has 0 aromatic heterocycles. The predicted octanol–water partition coefficient (Wildman–Crippen LogP) is 1.05. The summed E-state index contributed by atoms with van der Waals surface area (Å²) in [5, 5.41) is 2.83. The summed E-state index contributed by atoms with van der Waals surface area (Å²) in [6, 6.07) is 0. The van der Waals surface area contributed by atoms with Gasteiger partial charge in [-0.15, -0.1) is 0 Å². The first kappa shape index (κ1) is 13.5. The lowest BCUT2D eigenvalue weighted by molar-refractivity contribution is -0.121. The molecule has 0 aromatic carbocycles. The van der Waals surface area contributed by atoms with E-state index in [1.54, 1.807) is 0 Å². The van der Waals surface area contributed by atoms with Crippen molar-refractivity contribution in [1.29, 1.82) is 0 Å². The summed E-state index contributed by atoms with van der Waals surface area (Å²) in [4.78, 5) is 11.4. The van der Waals surface area contributed by atoms with Crippen molar-refractivity contribution in [3.8, 4) is 0 Å². The Morgan fingerprint density at radius 1 is 1.50 bits per heavy atom. The van der Waals surface area contributed by atoms with Gasteiger partial charge in [0.2, 0.25) is 5.91 Å². The van der Waals surface area contributed by atoms with Crippen molar-refractivity contribution in [3.05, 3.63) is 0 Å². The highest BCUT2D eigenvalue weighted by molar-refractivity contribution is 5.75. The molecule has 0 bridgehead atoms. The minimum absolute atomic E-state index is 0.0635. The number of nitrogens with one attached hydrogen (secondary N) is 1. The first-order chi connectivity index (χ1) is 7.47. The highest BCUT2D eigenvalue weighted by Gasteiger charge is 2.20. The highest BCUT2D eigenvalue weighted by atomic mass is 16.5. The summed E-state index contributed by atoms with van der Waals surface area (Å²) < 4.78 is 5.41. The van der Waals surface area contributed by atoms with Crippen molar-refractivity contribution in [2.45, 2.75) is 45.1 Å². The molecule has 1 saturated carbocycles. The van der Waals surface area contributed by atoms with Gasteiger partial charge in [0.1, 0.15) is 0 Å². The van der Waals surface area contributed by atoms with Gasteiger partial charge >= 0.3 is 0 Å². The first-order valence-corrected chi connectivity index (χ1v) is 6.11. The number of nitrogens with two attached hydrogens (primary N) is 1. The van der Waals surface area contributed by atoms with Crippen molar-refractivity contribution in [2.75, 3.05) is 19.8 Å². The summed E-state index contributed by atoms with van der Waals surface area (Å²) in [6.45, 7) is 5.94. The average molecular weight is 228 g/mol. The summed E-state index contributed by atoms with van der Waals surface area (Å²) >= 11 is 0. The van der Waals surface area contributed by atoms with E-state index in [9.17, 15) is 4.79 Å². The van der Waals surface area contributed by atoms with Crippen LogP contribution in [0.15, 0.2) is 0 Å². The summed E-state index contributed by atoms with van der Waals surface area (Å²) in [7, 11) is 0. The van der Waals surface area contributed by atoms with E-state index in [1.165, 1.54) is 12.8 Å². The van der Waals surface area contributed by atoms with Crippen LogP contribution in [0, 0.1) is 5.92 Å². The quantitative estimate of drug-likeness (QED) is 0.610. The second-order valence-corrected chi connectivity index (χ2v) is 5.36. The highest BCUT2D eigenvalue weighted by Crippen LogP contribution is 2.28. The van der Waals surface area contributed by atoms with Gasteiger partial charge in [-0.25, -0.2) is 0 Å². The molecule has 1 aliphatic rings. The van der Waals surface area contributed by atoms with E-state index in [2.05, 4.69) is 5.32 Å². The van der Waals surface area contributed by atoms with Crippen LogP contribution in [0.1, 0.15) is 39.5 Å². The van der Waals surface area contributed by atoms with E-state index in [0.29, 0.717) is 26.0 Å². The largest absolute Gasteiger partial charge is 0.379 e. The number of carbonyl (C=O) groups excluding carboxylic acids is 1. The molecule has 0 saturated heterocycles. The molecule has 1 fully saturated rings. The molecule has 0 atom stereocenters. The van der Waals surface area contributed by atoms with Crippen molar-refractivity contribution in [1.82, 2.24) is 5.32 Å². The lowest BCUT2D eigenvalue weighted by Crippen LogP contribution is -2.35. The SMILES string of the molecule is CC(C)(N)CCC(=O)NCCOCC1CC1. The molecule has 1 aliphatic carbocycles. The molecule has 0 spiro atoms. The monoisotopic (exact) mass is 228 g/mol. The van der Waals surface area contributed by atoms with Gasteiger partial charge in [0.25, 0.3) is 0 Å². The van der Waals surface area contributed by atoms with Gasteiger partial charge in [0.15, 0.2) is 0 Å². The van der Waals surface area contributed by atoms with E-state index in [0.717, 1.165) is 12.5 Å². The fraction of sp³-hybridized carbons (Fsp3) is 0.917. The maximum Gasteiger partial charge on any atom is 0.220 e. The molecule has 16 heavy (non-hydrogen) atoms. The fourth-order valence-corrected chi connectivity index (χ4v) is 1.32. The van der Waals surface area contributed by atoms with Crippen LogP contribution in [0.4, 0.5) is 0 Å². The number of hydrogen-bond donors (Lipinski definition) is 2. The number of hydrogen-bond acceptors (Lipinski definition) is 3. The van der Waals surface area contributed by atoms with Gasteiger partial charge < -0.3 is 15.8 Å². The summed E-state index contributed by atoms with van der Waals surface area (Å²) in [5.74, 6) is 0.849. The maximum atomic E-state index is 11.4. The van der Waals surface area contributed by atoms with Gasteiger partial charge in [-0.1, -0.05) is 0 Å². The van der Waals surface area contributed by atoms with Crippen LogP contribution < -0.4 is 11.1 Å². The normalized spacial score (nSPS) is 16.2. The Morgan fingerprint density at radius 3 is 2.75 bits per heavy atom. The van der Waals surface area contributed by atoms with Gasteiger partial charge in [-0.05, 0) is 39.0 Å². The Labute approximate surface area is 97.9 Å². The molecule has 1 amide bonds. The summed E-state index contributed by atoms with van der Waals surface area (Å²) in [5.41, 5.74) is 5.53. The second kappa shape index (κ2) is 6.21. The molecule has 0 radical (unpaired) electrons. The molecular formula is C12H24N2O2. The molecule has 0 aromatic rings. The Hall–Kier alpha value is -0.610. The third-order valence-corrected chi connectivity index (χ3v) is 2.62. The molecule has 0 unspecified atom stereocenters. The van der Waals surface area contributed by atoms with E-state index in [1.807, 2.05) is 13.8 Å². The minimum Gasteiger partial charge on any atom is -0.379 e. The van der Waals surface area contributed by atoms with E-state index in [-0.39, 0.29) is 11.4 Å². The zero-order valence-corrected chi connectivity index (χ0v) is 10.4. The van der Waals surface area contributed by atoms with Gasteiger partial charge in [0, 0.05) is 25.1 Å². The molecule has 1 rings (SSSR count). The number of amides is 1. The molecular weight excluding hydrogens is 204 g/mol. The smallest absolute Gasteiger partial charge is 0.220 e. The van der Waals surface area contributed by atoms with Crippen LogP contribution in [0.5, 0.6) is 0 Å². The van der Waals surface area contributed by atoms with Gasteiger partial charge in [-0.3, -0.25) is 4.79 Å². The fourth-order valence-electron chi connectivity index (χ4n) is 1.32. The van der Waals surface area contributed by atoms with E-state index >= 15 is 0 Å². The maximum absolute atomic E-state index is 11.4. The molecule has 3 N–H and O–H groups in total. The second-order valence-electron chi connectivity index (χ2n) is 5.36. The van der Waals surface area contributed by atoms with Crippen molar-refractivity contribution < 1.29 is 9.53 Å². The Bertz CT molecular complexity index is 220. The minimum atomic E-state index is -0.264. The van der Waals surface area contributed by atoms with Crippen LogP contribution in [-0.4, -0.2) is 31.2 Å². The van der Waals surface area contributed by atoms with Gasteiger partial charge in [-0.2, -0.15) is 0 Å². The molecule has 0 heterocycles. The van der Waals surface area contributed by atoms with E-state index in [4.69, 9.17) is 10.5 Å². The Kier molecular flexibility index (Phi) is 5.22. The van der Waals surface area contributed by atoms with Crippen LogP contribution >= 0.6 is 0 Å². The predicted molar refractivity (Wildman–Crippen MR) is 64.1 cm³/mol. The Morgan fingerprint density at radius 2 is 2.19 bits per heavy atom. The van der Waals surface area contributed by atoms with Crippen LogP contribution in [-0.2, 0) is 9.53 Å². The van der Waals surface area contributed by atoms with Crippen molar-refractivity contribution in [3.63, 3.8) is 0 Å².